The van der Waals surface area contributed by atoms with E-state index in [1.54, 1.807) is 61.7 Å². The molecule has 0 N–H and O–H groups in total. The molecule has 0 saturated heterocycles. The van der Waals surface area contributed by atoms with Crippen molar-refractivity contribution in [2.45, 2.75) is 6.92 Å². The number of halogens is 1. The second-order valence-corrected chi connectivity index (χ2v) is 6.80. The van der Waals surface area contributed by atoms with Gasteiger partial charge in [0.1, 0.15) is 10.4 Å². The summed E-state index contributed by atoms with van der Waals surface area (Å²) in [6.07, 6.45) is 1.59. The Morgan fingerprint density at radius 2 is 1.79 bits per heavy atom. The molecule has 0 unspecified atom stereocenters. The van der Waals surface area contributed by atoms with E-state index in [1.165, 1.54) is 4.57 Å². The summed E-state index contributed by atoms with van der Waals surface area (Å²) in [4.78, 5) is 33.8. The average Bonchev–Trinajstić information content (AvgIpc) is 2.70. The molecule has 2 aromatic carbocycles. The lowest BCUT2D eigenvalue weighted by Crippen LogP contribution is -2.22. The second kappa shape index (κ2) is 7.36. The molecule has 6 nitrogen and oxygen atoms in total. The summed E-state index contributed by atoms with van der Waals surface area (Å²) in [7, 11) is 0. The molecule has 0 spiro atoms. The summed E-state index contributed by atoms with van der Waals surface area (Å²) in [5.74, 6) is 0.390. The molecule has 0 aliphatic rings. The van der Waals surface area contributed by atoms with Gasteiger partial charge in [-0.25, -0.2) is 14.8 Å². The maximum atomic E-state index is 12.9. The van der Waals surface area contributed by atoms with E-state index in [4.69, 9.17) is 4.74 Å². The van der Waals surface area contributed by atoms with Gasteiger partial charge in [0.05, 0.1) is 22.2 Å². The molecule has 4 rings (SSSR count). The van der Waals surface area contributed by atoms with Crippen LogP contribution in [0.4, 0.5) is 0 Å². The third-order valence-corrected chi connectivity index (χ3v) is 4.83. The SMILES string of the molecule is Cc1nc2ccccc2c(=O)n1-c1ccc(C(=O)Oc2cccnc2Br)cc1. The zero-order chi connectivity index (χ0) is 19.7. The Hall–Kier alpha value is -3.32. The topological polar surface area (TPSA) is 74.1 Å². The van der Waals surface area contributed by atoms with Crippen molar-refractivity contribution < 1.29 is 9.53 Å². The number of aromatic nitrogens is 3. The first kappa shape index (κ1) is 18.1. The highest BCUT2D eigenvalue weighted by molar-refractivity contribution is 9.10. The number of nitrogens with zero attached hydrogens (tertiary/aromatic N) is 3. The first-order valence-corrected chi connectivity index (χ1v) is 9.25. The standard InChI is InChI=1S/C21H14BrN3O3/c1-13-24-17-6-3-2-5-16(17)20(26)25(13)15-10-8-14(9-11-15)21(27)28-18-7-4-12-23-19(18)22/h2-12H,1H3. The van der Waals surface area contributed by atoms with Crippen LogP contribution in [0.5, 0.6) is 5.75 Å². The highest BCUT2D eigenvalue weighted by atomic mass is 79.9. The molecular formula is C21H14BrN3O3. The van der Waals surface area contributed by atoms with Crippen LogP contribution in [0.25, 0.3) is 16.6 Å². The van der Waals surface area contributed by atoms with Crippen molar-refractivity contribution in [1.82, 2.24) is 14.5 Å². The van der Waals surface area contributed by atoms with Gasteiger partial charge in [-0.05, 0) is 71.4 Å². The predicted octanol–water partition coefficient (Wildman–Crippen LogP) is 4.07. The van der Waals surface area contributed by atoms with Crippen LogP contribution < -0.4 is 10.3 Å². The van der Waals surface area contributed by atoms with Crippen LogP contribution in [0.15, 0.2) is 76.3 Å². The zero-order valence-electron chi connectivity index (χ0n) is 14.8. The number of para-hydroxylation sites is 1. The number of pyridine rings is 1. The molecule has 4 aromatic rings. The van der Waals surface area contributed by atoms with Crippen LogP contribution in [-0.4, -0.2) is 20.5 Å². The van der Waals surface area contributed by atoms with Gasteiger partial charge in [-0.3, -0.25) is 9.36 Å². The molecule has 28 heavy (non-hydrogen) atoms. The van der Waals surface area contributed by atoms with Crippen LogP contribution >= 0.6 is 15.9 Å². The van der Waals surface area contributed by atoms with Gasteiger partial charge in [-0.2, -0.15) is 0 Å². The number of hydrogen-bond acceptors (Lipinski definition) is 5. The lowest BCUT2D eigenvalue weighted by atomic mass is 10.2. The summed E-state index contributed by atoms with van der Waals surface area (Å²) in [5.41, 5.74) is 1.49. The summed E-state index contributed by atoms with van der Waals surface area (Å²) in [6, 6.07) is 17.2. The minimum atomic E-state index is -0.513. The van der Waals surface area contributed by atoms with E-state index in [9.17, 15) is 9.59 Å². The summed E-state index contributed by atoms with van der Waals surface area (Å²) in [6.45, 7) is 1.77. The van der Waals surface area contributed by atoms with Gasteiger partial charge in [0.15, 0.2) is 5.75 Å². The van der Waals surface area contributed by atoms with E-state index in [2.05, 4.69) is 25.9 Å². The van der Waals surface area contributed by atoms with E-state index in [1.807, 2.05) is 12.1 Å². The van der Waals surface area contributed by atoms with Crippen molar-refractivity contribution in [2.24, 2.45) is 0 Å². The molecule has 0 aliphatic carbocycles. The highest BCUT2D eigenvalue weighted by Crippen LogP contribution is 2.22. The smallest absolute Gasteiger partial charge is 0.343 e. The number of hydrogen-bond donors (Lipinski definition) is 0. The zero-order valence-corrected chi connectivity index (χ0v) is 16.4. The maximum Gasteiger partial charge on any atom is 0.343 e. The molecule has 138 valence electrons. The van der Waals surface area contributed by atoms with Crippen molar-refractivity contribution in [3.8, 4) is 11.4 Å². The monoisotopic (exact) mass is 435 g/mol. The van der Waals surface area contributed by atoms with Crippen LogP contribution in [0.1, 0.15) is 16.2 Å². The fourth-order valence-electron chi connectivity index (χ4n) is 2.90. The second-order valence-electron chi connectivity index (χ2n) is 6.05. The Balaban J connectivity index is 1.67. The number of esters is 1. The summed E-state index contributed by atoms with van der Waals surface area (Å²) in [5, 5.41) is 0.540. The Kier molecular flexibility index (Phi) is 4.75. The lowest BCUT2D eigenvalue weighted by molar-refractivity contribution is 0.0733. The molecule has 2 aromatic heterocycles. The van der Waals surface area contributed by atoms with Crippen LogP contribution in [0.2, 0.25) is 0 Å². The number of rotatable bonds is 3. The molecule has 0 saturated carbocycles. The molecular weight excluding hydrogens is 422 g/mol. The third-order valence-electron chi connectivity index (χ3n) is 4.23. The maximum absolute atomic E-state index is 12.9. The van der Waals surface area contributed by atoms with Gasteiger partial charge in [0.25, 0.3) is 5.56 Å². The number of benzene rings is 2. The minimum Gasteiger partial charge on any atom is -0.420 e. The molecule has 0 amide bonds. The average molecular weight is 436 g/mol. The van der Waals surface area contributed by atoms with E-state index >= 15 is 0 Å². The van der Waals surface area contributed by atoms with Crippen molar-refractivity contribution in [3.63, 3.8) is 0 Å². The normalized spacial score (nSPS) is 10.8. The Morgan fingerprint density at radius 1 is 1.04 bits per heavy atom. The number of fused-ring (bicyclic) bond motifs is 1. The van der Waals surface area contributed by atoms with Crippen molar-refractivity contribution in [2.75, 3.05) is 0 Å². The van der Waals surface area contributed by atoms with Gasteiger partial charge >= 0.3 is 5.97 Å². The Labute approximate surface area is 168 Å². The number of ether oxygens (including phenoxy) is 1. The minimum absolute atomic E-state index is 0.155. The molecule has 0 aliphatic heterocycles. The van der Waals surface area contributed by atoms with Crippen LogP contribution in [0.3, 0.4) is 0 Å². The molecule has 0 fully saturated rings. The van der Waals surface area contributed by atoms with E-state index < -0.39 is 5.97 Å². The van der Waals surface area contributed by atoms with Crippen molar-refractivity contribution >= 4 is 32.8 Å². The van der Waals surface area contributed by atoms with Gasteiger partial charge in [0.2, 0.25) is 0 Å². The van der Waals surface area contributed by atoms with Crippen LogP contribution in [0, 0.1) is 6.92 Å². The number of aryl methyl sites for hydroxylation is 1. The van der Waals surface area contributed by atoms with Gasteiger partial charge in [-0.15, -0.1) is 0 Å². The number of carbonyl (C=O) groups is 1. The fraction of sp³-hybridized carbons (Fsp3) is 0.0476. The first-order valence-electron chi connectivity index (χ1n) is 8.46. The lowest BCUT2D eigenvalue weighted by Gasteiger charge is -2.11. The van der Waals surface area contributed by atoms with Gasteiger partial charge in [0, 0.05) is 6.20 Å². The molecule has 7 heteroatoms. The van der Waals surface area contributed by atoms with Crippen molar-refractivity contribution in [1.29, 1.82) is 0 Å². The molecule has 0 bridgehead atoms. The molecule has 0 radical (unpaired) electrons. The van der Waals surface area contributed by atoms with Gasteiger partial charge < -0.3 is 4.74 Å². The number of carbonyl (C=O) groups excluding carboxylic acids is 1. The van der Waals surface area contributed by atoms with E-state index in [0.29, 0.717) is 38.3 Å². The quantitative estimate of drug-likeness (QED) is 0.358. The van der Waals surface area contributed by atoms with E-state index in [-0.39, 0.29) is 5.56 Å². The van der Waals surface area contributed by atoms with Crippen LogP contribution in [-0.2, 0) is 0 Å². The summed E-state index contributed by atoms with van der Waals surface area (Å²) < 4.78 is 7.32. The summed E-state index contributed by atoms with van der Waals surface area (Å²) >= 11 is 3.24. The predicted molar refractivity (Wildman–Crippen MR) is 109 cm³/mol. The first-order chi connectivity index (χ1) is 13.5. The fourth-order valence-corrected chi connectivity index (χ4v) is 3.23. The Morgan fingerprint density at radius 3 is 2.54 bits per heavy atom. The molecule has 2 heterocycles. The Bertz CT molecular complexity index is 1250. The van der Waals surface area contributed by atoms with Crippen molar-refractivity contribution in [3.05, 3.63) is 93.2 Å². The largest absolute Gasteiger partial charge is 0.420 e. The van der Waals surface area contributed by atoms with E-state index in [0.717, 1.165) is 0 Å². The third kappa shape index (κ3) is 3.32. The van der Waals surface area contributed by atoms with Gasteiger partial charge in [-0.1, -0.05) is 12.1 Å². The highest BCUT2D eigenvalue weighted by Gasteiger charge is 2.13. The molecule has 0 atom stereocenters.